The number of rotatable bonds is 3. The van der Waals surface area contributed by atoms with E-state index in [-0.39, 0.29) is 48.5 Å². The molecule has 0 saturated heterocycles. The minimum atomic E-state index is -0.518. The van der Waals surface area contributed by atoms with E-state index in [0.717, 1.165) is 0 Å². The van der Waals surface area contributed by atoms with Crippen molar-refractivity contribution in [3.63, 3.8) is 0 Å². The third kappa shape index (κ3) is 2.77. The molecular weight excluding hydrogens is 185 g/mol. The van der Waals surface area contributed by atoms with Crippen LogP contribution in [0.1, 0.15) is 5.82 Å². The van der Waals surface area contributed by atoms with Crippen LogP contribution in [0.2, 0.25) is 0 Å². The Bertz CT molecular complexity index is 299. The number of imidazole rings is 1. The van der Waals surface area contributed by atoms with Gasteiger partial charge in [0.25, 0.3) is 0 Å². The van der Waals surface area contributed by atoms with Gasteiger partial charge < -0.3 is 15.2 Å². The van der Waals surface area contributed by atoms with E-state index in [4.69, 9.17) is 5.11 Å². The van der Waals surface area contributed by atoms with Crippen molar-refractivity contribution in [2.75, 3.05) is 6.61 Å². The number of hydrogen-bond donors (Lipinski definition) is 1. The van der Waals surface area contributed by atoms with Gasteiger partial charge in [-0.2, -0.15) is 0 Å². The summed E-state index contributed by atoms with van der Waals surface area (Å²) in [5, 5.41) is 19.0. The summed E-state index contributed by atoms with van der Waals surface area (Å²) < 4.78 is 1.36. The molecule has 0 saturated carbocycles. The number of hydrogen-bond acceptors (Lipinski definition) is 4. The first-order valence-electron chi connectivity index (χ1n) is 3.44. The van der Waals surface area contributed by atoms with Crippen LogP contribution >= 0.6 is 0 Å². The third-order valence-electron chi connectivity index (χ3n) is 1.54. The van der Waals surface area contributed by atoms with Crippen molar-refractivity contribution >= 4 is 35.4 Å². The van der Waals surface area contributed by atoms with Gasteiger partial charge in [0.2, 0.25) is 0 Å². The number of aliphatic hydroxyl groups is 1. The minimum absolute atomic E-state index is 0. The van der Waals surface area contributed by atoms with Crippen molar-refractivity contribution in [1.29, 1.82) is 0 Å². The van der Waals surface area contributed by atoms with Crippen molar-refractivity contribution in [1.82, 2.24) is 9.55 Å². The van der Waals surface area contributed by atoms with Crippen molar-refractivity contribution in [2.45, 2.75) is 13.5 Å². The molecule has 0 bridgehead atoms. The van der Waals surface area contributed by atoms with E-state index < -0.39 is 4.92 Å². The summed E-state index contributed by atoms with van der Waals surface area (Å²) >= 11 is 0. The quantitative estimate of drug-likeness (QED) is 0.398. The van der Waals surface area contributed by atoms with Gasteiger partial charge in [-0.05, 0) is 4.92 Å². The first-order valence-corrected chi connectivity index (χ1v) is 3.44. The SMILES string of the molecule is Cc1ncc([N+](=O)[O-])n1CCO.[NaH]. The predicted molar refractivity (Wildman–Crippen MR) is 47.9 cm³/mol. The van der Waals surface area contributed by atoms with Gasteiger partial charge in [0.1, 0.15) is 12.7 Å². The monoisotopic (exact) mass is 195 g/mol. The molecule has 0 fully saturated rings. The molecular formula is C6H10N3NaO3. The van der Waals surface area contributed by atoms with E-state index in [1.165, 1.54) is 10.8 Å². The van der Waals surface area contributed by atoms with E-state index in [1.807, 2.05) is 0 Å². The Morgan fingerprint density at radius 2 is 2.38 bits per heavy atom. The van der Waals surface area contributed by atoms with Crippen LogP contribution in [0.5, 0.6) is 0 Å². The van der Waals surface area contributed by atoms with Gasteiger partial charge in [-0.15, -0.1) is 0 Å². The summed E-state index contributed by atoms with van der Waals surface area (Å²) in [7, 11) is 0. The molecule has 0 amide bonds. The van der Waals surface area contributed by atoms with Gasteiger partial charge in [-0.25, -0.2) is 9.55 Å². The molecule has 1 rings (SSSR count). The van der Waals surface area contributed by atoms with Gasteiger partial charge in [-0.1, -0.05) is 0 Å². The van der Waals surface area contributed by atoms with Crippen molar-refractivity contribution in [3.05, 3.63) is 22.1 Å². The first-order chi connectivity index (χ1) is 5.66. The molecule has 68 valence electrons. The normalized spacial score (nSPS) is 9.38. The van der Waals surface area contributed by atoms with E-state index in [2.05, 4.69) is 4.98 Å². The summed E-state index contributed by atoms with van der Waals surface area (Å²) in [5.41, 5.74) is 0. The molecule has 1 aromatic heterocycles. The fourth-order valence-electron chi connectivity index (χ4n) is 0.978. The van der Waals surface area contributed by atoms with Gasteiger partial charge in [-0.3, -0.25) is 0 Å². The average molecular weight is 195 g/mol. The van der Waals surface area contributed by atoms with Crippen LogP contribution in [0.15, 0.2) is 6.20 Å². The molecule has 0 unspecified atom stereocenters. The second kappa shape index (κ2) is 5.33. The van der Waals surface area contributed by atoms with Crippen LogP contribution < -0.4 is 0 Å². The molecule has 0 aliphatic carbocycles. The van der Waals surface area contributed by atoms with Crippen LogP contribution in [-0.2, 0) is 6.54 Å². The summed E-state index contributed by atoms with van der Waals surface area (Å²) in [4.78, 5) is 13.6. The zero-order valence-corrected chi connectivity index (χ0v) is 6.60. The molecule has 1 aromatic rings. The Balaban J connectivity index is 0.00000144. The fourth-order valence-corrected chi connectivity index (χ4v) is 0.978. The Morgan fingerprint density at radius 3 is 2.85 bits per heavy atom. The Labute approximate surface area is 97.0 Å². The number of aromatic nitrogens is 2. The molecule has 0 radical (unpaired) electrons. The molecule has 0 aliphatic heterocycles. The summed E-state index contributed by atoms with van der Waals surface area (Å²) in [6, 6.07) is 0. The Kier molecular flexibility index (Phi) is 5.16. The van der Waals surface area contributed by atoms with Crippen molar-refractivity contribution < 1.29 is 10.0 Å². The number of nitro groups is 1. The summed E-state index contributed by atoms with van der Waals surface area (Å²) in [6.45, 7) is 1.74. The van der Waals surface area contributed by atoms with E-state index in [0.29, 0.717) is 5.82 Å². The predicted octanol–water partition coefficient (Wildman–Crippen LogP) is -0.556. The third-order valence-corrected chi connectivity index (χ3v) is 1.54. The van der Waals surface area contributed by atoms with Crippen molar-refractivity contribution in [3.8, 4) is 0 Å². The molecule has 0 aliphatic rings. The van der Waals surface area contributed by atoms with Gasteiger partial charge in [0.05, 0.1) is 6.61 Å². The molecule has 6 nitrogen and oxygen atoms in total. The van der Waals surface area contributed by atoms with Gasteiger partial charge in [0.15, 0.2) is 5.82 Å². The zero-order valence-electron chi connectivity index (χ0n) is 6.60. The van der Waals surface area contributed by atoms with Crippen LogP contribution in [0.25, 0.3) is 0 Å². The maximum atomic E-state index is 10.4. The number of aryl methyl sites for hydroxylation is 1. The molecule has 13 heavy (non-hydrogen) atoms. The Hall–Kier alpha value is -0.430. The molecule has 0 spiro atoms. The molecule has 0 aromatic carbocycles. The number of aliphatic hydroxyl groups excluding tert-OH is 1. The van der Waals surface area contributed by atoms with Crippen LogP contribution in [-0.4, -0.2) is 55.7 Å². The van der Waals surface area contributed by atoms with E-state index >= 15 is 0 Å². The van der Waals surface area contributed by atoms with Crippen LogP contribution in [0.3, 0.4) is 0 Å². The molecule has 7 heteroatoms. The Morgan fingerprint density at radius 1 is 1.77 bits per heavy atom. The second-order valence-corrected chi connectivity index (χ2v) is 2.30. The standard InChI is InChI=1S/C6H9N3O3.Na.H/c1-5-7-4-6(9(11)12)8(5)2-3-10;;/h4,10H,2-3H2,1H3;;. The molecule has 1 N–H and O–H groups in total. The summed E-state index contributed by atoms with van der Waals surface area (Å²) in [5.74, 6) is 0.456. The average Bonchev–Trinajstić information content (AvgIpc) is 2.34. The molecule has 1 heterocycles. The van der Waals surface area contributed by atoms with Crippen LogP contribution in [0, 0.1) is 17.0 Å². The summed E-state index contributed by atoms with van der Waals surface area (Å²) in [6.07, 6.45) is 1.19. The van der Waals surface area contributed by atoms with E-state index in [1.54, 1.807) is 6.92 Å². The van der Waals surface area contributed by atoms with E-state index in [9.17, 15) is 10.1 Å². The van der Waals surface area contributed by atoms with Crippen LogP contribution in [0.4, 0.5) is 5.82 Å². The van der Waals surface area contributed by atoms with Crippen molar-refractivity contribution in [2.24, 2.45) is 0 Å². The maximum absolute atomic E-state index is 10.4. The fraction of sp³-hybridized carbons (Fsp3) is 0.500. The topological polar surface area (TPSA) is 81.2 Å². The first kappa shape index (κ1) is 12.6. The number of nitrogens with zero attached hydrogens (tertiary/aromatic N) is 3. The van der Waals surface area contributed by atoms with Gasteiger partial charge in [0, 0.05) is 6.92 Å². The van der Waals surface area contributed by atoms with Gasteiger partial charge >= 0.3 is 35.4 Å². The second-order valence-electron chi connectivity index (χ2n) is 2.30. The molecule has 0 atom stereocenters. The zero-order chi connectivity index (χ0) is 9.14.